The molecule has 0 unspecified atom stereocenters. The Bertz CT molecular complexity index is 1400. The number of carbonyl (C=O) groups is 1. The van der Waals surface area contributed by atoms with Gasteiger partial charge in [-0.3, -0.25) is 4.99 Å². The van der Waals surface area contributed by atoms with E-state index in [9.17, 15) is 4.79 Å². The predicted octanol–water partition coefficient (Wildman–Crippen LogP) is 5.24. The third-order valence-corrected chi connectivity index (χ3v) is 5.24. The van der Waals surface area contributed by atoms with Crippen LogP contribution in [0, 0.1) is 27.7 Å². The Kier molecular flexibility index (Phi) is 9.04. The monoisotopic (exact) mass is 501 g/mol. The summed E-state index contributed by atoms with van der Waals surface area (Å²) in [5.41, 5.74) is 5.94. The van der Waals surface area contributed by atoms with E-state index < -0.39 is 5.97 Å². The Balaban J connectivity index is 0.000000206. The highest BCUT2D eigenvalue weighted by molar-refractivity contribution is 5.92. The van der Waals surface area contributed by atoms with Crippen LogP contribution in [0.25, 0.3) is 5.82 Å². The number of nitrogens with zero attached hydrogens (tertiary/aromatic N) is 6. The van der Waals surface area contributed by atoms with Crippen molar-refractivity contribution in [3.63, 3.8) is 0 Å². The first-order chi connectivity index (χ1) is 17.7. The zero-order chi connectivity index (χ0) is 26.9. The minimum absolute atomic E-state index is 0.363. The maximum atomic E-state index is 11.8. The molecule has 10 nitrogen and oxygen atoms in total. The number of ether oxygens (including phenoxy) is 2. The Morgan fingerprint density at radius 2 is 1.73 bits per heavy atom. The average molecular weight is 502 g/mol. The number of aromatic nitrogens is 5. The van der Waals surface area contributed by atoms with Crippen molar-refractivity contribution >= 4 is 29.4 Å². The molecule has 0 amide bonds. The maximum absolute atomic E-state index is 11.8. The van der Waals surface area contributed by atoms with Crippen molar-refractivity contribution in [2.45, 2.75) is 34.6 Å². The molecular formula is C27H31N7O3. The number of aryl methyl sites for hydroxylation is 4. The predicted molar refractivity (Wildman–Crippen MR) is 144 cm³/mol. The molecule has 0 saturated heterocycles. The molecule has 3 heterocycles. The van der Waals surface area contributed by atoms with E-state index in [4.69, 9.17) is 9.47 Å². The van der Waals surface area contributed by atoms with Crippen LogP contribution in [0.3, 0.4) is 0 Å². The van der Waals surface area contributed by atoms with Gasteiger partial charge in [-0.2, -0.15) is 5.10 Å². The first kappa shape index (κ1) is 27.0. The number of rotatable bonds is 6. The molecular weight excluding hydrogens is 470 g/mol. The van der Waals surface area contributed by atoms with E-state index in [1.54, 1.807) is 29.1 Å². The van der Waals surface area contributed by atoms with Crippen molar-refractivity contribution < 1.29 is 14.3 Å². The number of hydrogen-bond donors (Lipinski definition) is 1. The Hall–Kier alpha value is -4.60. The fourth-order valence-corrected chi connectivity index (χ4v) is 3.31. The first-order valence-corrected chi connectivity index (χ1v) is 11.6. The van der Waals surface area contributed by atoms with Gasteiger partial charge in [0.15, 0.2) is 11.6 Å². The second-order valence-corrected chi connectivity index (χ2v) is 8.13. The van der Waals surface area contributed by atoms with Crippen LogP contribution in [0.15, 0.2) is 53.5 Å². The molecule has 4 rings (SSSR count). The van der Waals surface area contributed by atoms with Gasteiger partial charge in [-0.05, 0) is 76.6 Å². The van der Waals surface area contributed by atoms with Crippen LogP contribution in [0.1, 0.15) is 39.9 Å². The summed E-state index contributed by atoms with van der Waals surface area (Å²) < 4.78 is 11.4. The van der Waals surface area contributed by atoms with Gasteiger partial charge < -0.3 is 14.8 Å². The molecule has 1 N–H and O–H groups in total. The van der Waals surface area contributed by atoms with E-state index in [2.05, 4.69) is 30.6 Å². The van der Waals surface area contributed by atoms with Crippen LogP contribution >= 0.6 is 0 Å². The van der Waals surface area contributed by atoms with Crippen LogP contribution in [-0.2, 0) is 4.74 Å². The van der Waals surface area contributed by atoms with Gasteiger partial charge in [0.1, 0.15) is 5.56 Å². The minimum atomic E-state index is -0.448. The van der Waals surface area contributed by atoms with Crippen LogP contribution in [-0.4, -0.2) is 51.4 Å². The summed E-state index contributed by atoms with van der Waals surface area (Å²) in [7, 11) is 2.87. The summed E-state index contributed by atoms with van der Waals surface area (Å²) >= 11 is 0. The maximum Gasteiger partial charge on any atom is 0.341 e. The number of methoxy groups -OCH3 is 2. The third kappa shape index (κ3) is 6.97. The van der Waals surface area contributed by atoms with Gasteiger partial charge in [0.2, 0.25) is 5.88 Å². The molecule has 0 fully saturated rings. The molecule has 0 atom stereocenters. The SMILES string of the molecule is CC=Nc1cc(Nc2ccc(C)nn2)ccc1C.COC(=O)c1ccc(C)nc1-n1nc(OC)cc1C. The Morgan fingerprint density at radius 3 is 2.35 bits per heavy atom. The van der Waals surface area contributed by atoms with Gasteiger partial charge in [0, 0.05) is 29.4 Å². The standard InChI is InChI=1S/C14H16N4.C13H15N3O3/c1-4-15-13-9-12(7-5-10(13)2)16-14-8-6-11(3)17-18-14;1-8-5-6-10(13(17)19-4)12(14-8)16-9(2)7-11(15-16)18-3/h4-9H,1-3H3,(H,16,18);5-7H,1-4H3. The molecule has 0 spiro atoms. The highest BCUT2D eigenvalue weighted by atomic mass is 16.5. The fourth-order valence-electron chi connectivity index (χ4n) is 3.31. The molecule has 0 saturated carbocycles. The molecule has 3 aromatic heterocycles. The lowest BCUT2D eigenvalue weighted by Crippen LogP contribution is -2.12. The topological polar surface area (TPSA) is 116 Å². The van der Waals surface area contributed by atoms with E-state index in [1.807, 2.05) is 65.0 Å². The molecule has 1 aromatic carbocycles. The summed E-state index contributed by atoms with van der Waals surface area (Å²) in [4.78, 5) is 20.5. The summed E-state index contributed by atoms with van der Waals surface area (Å²) in [6.07, 6.45) is 1.79. The van der Waals surface area contributed by atoms with Gasteiger partial charge in [0.05, 0.1) is 25.6 Å². The highest BCUT2D eigenvalue weighted by Crippen LogP contribution is 2.24. The van der Waals surface area contributed by atoms with Crippen molar-refractivity contribution in [2.75, 3.05) is 19.5 Å². The summed E-state index contributed by atoms with van der Waals surface area (Å²) in [6.45, 7) is 9.57. The average Bonchev–Trinajstić information content (AvgIpc) is 3.28. The van der Waals surface area contributed by atoms with Gasteiger partial charge in [-0.25, -0.2) is 14.5 Å². The lowest BCUT2D eigenvalue weighted by atomic mass is 10.2. The third-order valence-electron chi connectivity index (χ3n) is 5.24. The van der Waals surface area contributed by atoms with Gasteiger partial charge in [0.25, 0.3) is 0 Å². The number of esters is 1. The largest absolute Gasteiger partial charge is 0.480 e. The molecule has 37 heavy (non-hydrogen) atoms. The van der Waals surface area contributed by atoms with Crippen molar-refractivity contribution in [1.29, 1.82) is 0 Å². The summed E-state index contributed by atoms with van der Waals surface area (Å²) in [6, 6.07) is 15.1. The normalized spacial score (nSPS) is 10.6. The van der Waals surface area contributed by atoms with Crippen molar-refractivity contribution in [3.8, 4) is 11.7 Å². The fraction of sp³-hybridized carbons (Fsp3) is 0.259. The van der Waals surface area contributed by atoms with E-state index >= 15 is 0 Å². The van der Waals surface area contributed by atoms with E-state index in [1.165, 1.54) is 14.2 Å². The summed E-state index contributed by atoms with van der Waals surface area (Å²) in [5.74, 6) is 1.19. The second kappa shape index (κ2) is 12.4. The number of pyridine rings is 1. The number of carbonyl (C=O) groups excluding carboxylic acids is 1. The number of hydrogen-bond acceptors (Lipinski definition) is 9. The van der Waals surface area contributed by atoms with E-state index in [0.29, 0.717) is 17.3 Å². The number of nitrogens with one attached hydrogen (secondary N) is 1. The lowest BCUT2D eigenvalue weighted by Gasteiger charge is -2.09. The van der Waals surface area contributed by atoms with Crippen molar-refractivity contribution in [2.24, 2.45) is 4.99 Å². The molecule has 0 aliphatic carbocycles. The Morgan fingerprint density at radius 1 is 0.973 bits per heavy atom. The lowest BCUT2D eigenvalue weighted by molar-refractivity contribution is 0.0600. The minimum Gasteiger partial charge on any atom is -0.480 e. The van der Waals surface area contributed by atoms with Crippen molar-refractivity contribution in [3.05, 3.63) is 76.7 Å². The van der Waals surface area contributed by atoms with Crippen LogP contribution < -0.4 is 10.1 Å². The Labute approximate surface area is 216 Å². The number of anilines is 2. The first-order valence-electron chi connectivity index (χ1n) is 11.6. The molecule has 0 aliphatic heterocycles. The molecule has 0 radical (unpaired) electrons. The van der Waals surface area contributed by atoms with E-state index in [-0.39, 0.29) is 0 Å². The summed E-state index contributed by atoms with van der Waals surface area (Å²) in [5, 5.41) is 15.5. The van der Waals surface area contributed by atoms with E-state index in [0.717, 1.165) is 39.8 Å². The zero-order valence-corrected chi connectivity index (χ0v) is 22.1. The molecule has 192 valence electrons. The number of benzene rings is 1. The van der Waals surface area contributed by atoms with Crippen LogP contribution in [0.5, 0.6) is 5.88 Å². The van der Waals surface area contributed by atoms with Crippen molar-refractivity contribution in [1.82, 2.24) is 25.0 Å². The molecule has 10 heteroatoms. The molecule has 4 aromatic rings. The molecule has 0 bridgehead atoms. The second-order valence-electron chi connectivity index (χ2n) is 8.13. The van der Waals surface area contributed by atoms with Gasteiger partial charge in [-0.15, -0.1) is 10.2 Å². The number of aliphatic imine (C=N–C) groups is 1. The molecule has 0 aliphatic rings. The van der Waals surface area contributed by atoms with Gasteiger partial charge >= 0.3 is 5.97 Å². The highest BCUT2D eigenvalue weighted by Gasteiger charge is 2.18. The van der Waals surface area contributed by atoms with Crippen LogP contribution in [0.2, 0.25) is 0 Å². The van der Waals surface area contributed by atoms with Gasteiger partial charge in [-0.1, -0.05) is 6.07 Å². The smallest absolute Gasteiger partial charge is 0.341 e. The zero-order valence-electron chi connectivity index (χ0n) is 22.1. The van der Waals surface area contributed by atoms with Crippen LogP contribution in [0.4, 0.5) is 17.2 Å². The quantitative estimate of drug-likeness (QED) is 0.282.